The fourth-order valence-corrected chi connectivity index (χ4v) is 1.65. The third-order valence-electron chi connectivity index (χ3n) is 2.44. The van der Waals surface area contributed by atoms with Gasteiger partial charge in [-0.05, 0) is 24.6 Å². The smallest absolute Gasteiger partial charge is 0.415 e. The molecule has 0 saturated carbocycles. The standard InChI is InChI=1S/C12H13NO4/c1-2-16-9-5-3-8(4-6-9)7-10-11(14)17-12(15)13-10/h3-6,10H,2,7H2,1H3,(H,13,15). The van der Waals surface area contributed by atoms with E-state index in [4.69, 9.17) is 4.74 Å². The number of carbonyl (C=O) groups is 2. The Bertz CT molecular complexity index is 427. The summed E-state index contributed by atoms with van der Waals surface area (Å²) in [7, 11) is 0. The molecule has 2 rings (SSSR count). The average molecular weight is 235 g/mol. The first-order chi connectivity index (χ1) is 8.19. The minimum atomic E-state index is -0.675. The molecule has 1 aliphatic heterocycles. The monoisotopic (exact) mass is 235 g/mol. The predicted molar refractivity (Wildman–Crippen MR) is 59.7 cm³/mol. The van der Waals surface area contributed by atoms with Gasteiger partial charge in [-0.1, -0.05) is 12.1 Å². The molecular weight excluding hydrogens is 222 g/mol. The van der Waals surface area contributed by atoms with Crippen LogP contribution in [0.3, 0.4) is 0 Å². The minimum absolute atomic E-state index is 0.428. The number of benzene rings is 1. The van der Waals surface area contributed by atoms with Crippen molar-refractivity contribution in [3.05, 3.63) is 29.8 Å². The van der Waals surface area contributed by atoms with Crippen molar-refractivity contribution >= 4 is 12.1 Å². The van der Waals surface area contributed by atoms with E-state index in [2.05, 4.69) is 10.1 Å². The van der Waals surface area contributed by atoms with Crippen LogP contribution in [0.4, 0.5) is 4.79 Å². The molecule has 1 saturated heterocycles. The molecule has 0 radical (unpaired) electrons. The molecule has 1 atom stereocenters. The molecule has 1 fully saturated rings. The molecule has 5 nitrogen and oxygen atoms in total. The van der Waals surface area contributed by atoms with E-state index < -0.39 is 18.1 Å². The summed E-state index contributed by atoms with van der Waals surface area (Å²) in [6.07, 6.45) is -0.248. The lowest BCUT2D eigenvalue weighted by Gasteiger charge is -2.07. The van der Waals surface area contributed by atoms with E-state index in [1.165, 1.54) is 0 Å². The highest BCUT2D eigenvalue weighted by Crippen LogP contribution is 2.15. The molecule has 0 aliphatic carbocycles. The van der Waals surface area contributed by atoms with Gasteiger partial charge in [0.1, 0.15) is 11.8 Å². The summed E-state index contributed by atoms with van der Waals surface area (Å²) in [6, 6.07) is 6.81. The Morgan fingerprint density at radius 1 is 1.29 bits per heavy atom. The SMILES string of the molecule is CCOc1ccc(CC2NC(=O)OC2=O)cc1. The second kappa shape index (κ2) is 4.86. The fourth-order valence-electron chi connectivity index (χ4n) is 1.65. The fraction of sp³-hybridized carbons (Fsp3) is 0.333. The van der Waals surface area contributed by atoms with Gasteiger partial charge in [0, 0.05) is 6.42 Å². The van der Waals surface area contributed by atoms with Crippen LogP contribution in [-0.2, 0) is 16.0 Å². The highest BCUT2D eigenvalue weighted by Gasteiger charge is 2.32. The average Bonchev–Trinajstić information content (AvgIpc) is 2.61. The van der Waals surface area contributed by atoms with Gasteiger partial charge in [-0.25, -0.2) is 9.59 Å². The first-order valence-electron chi connectivity index (χ1n) is 5.43. The maximum absolute atomic E-state index is 11.2. The lowest BCUT2D eigenvalue weighted by atomic mass is 10.1. The minimum Gasteiger partial charge on any atom is -0.494 e. The summed E-state index contributed by atoms with van der Waals surface area (Å²) in [6.45, 7) is 2.53. The zero-order valence-electron chi connectivity index (χ0n) is 9.43. The number of amides is 1. The van der Waals surface area contributed by atoms with Gasteiger partial charge < -0.3 is 14.8 Å². The molecule has 5 heteroatoms. The van der Waals surface area contributed by atoms with Gasteiger partial charge in [-0.3, -0.25) is 0 Å². The summed E-state index contributed by atoms with van der Waals surface area (Å²) in [5.74, 6) is 0.262. The summed E-state index contributed by atoms with van der Waals surface area (Å²) in [5, 5.41) is 2.45. The number of alkyl carbamates (subject to hydrolysis) is 1. The van der Waals surface area contributed by atoms with Gasteiger partial charge in [0.2, 0.25) is 0 Å². The second-order valence-corrected chi connectivity index (χ2v) is 3.69. The number of hydrogen-bond donors (Lipinski definition) is 1. The number of rotatable bonds is 4. The van der Waals surface area contributed by atoms with Crippen LogP contribution in [-0.4, -0.2) is 24.7 Å². The first kappa shape index (κ1) is 11.4. The van der Waals surface area contributed by atoms with Crippen LogP contribution in [0, 0.1) is 0 Å². The van der Waals surface area contributed by atoms with Crippen LogP contribution < -0.4 is 10.1 Å². The van der Waals surface area contributed by atoms with Crippen molar-refractivity contribution in [3.63, 3.8) is 0 Å². The largest absolute Gasteiger partial charge is 0.494 e. The van der Waals surface area contributed by atoms with E-state index in [0.717, 1.165) is 11.3 Å². The lowest BCUT2D eigenvalue weighted by molar-refractivity contribution is -0.135. The van der Waals surface area contributed by atoms with Crippen LogP contribution in [0.2, 0.25) is 0 Å². The third kappa shape index (κ3) is 2.75. The maximum atomic E-state index is 11.2. The van der Waals surface area contributed by atoms with Crippen molar-refractivity contribution < 1.29 is 19.1 Å². The van der Waals surface area contributed by atoms with Gasteiger partial charge in [0.25, 0.3) is 0 Å². The van der Waals surface area contributed by atoms with E-state index in [0.29, 0.717) is 13.0 Å². The Morgan fingerprint density at radius 2 is 2.00 bits per heavy atom. The topological polar surface area (TPSA) is 64.6 Å². The predicted octanol–water partition coefficient (Wildman–Crippen LogP) is 1.26. The summed E-state index contributed by atoms with van der Waals surface area (Å²) in [4.78, 5) is 22.0. The molecule has 17 heavy (non-hydrogen) atoms. The number of esters is 1. The van der Waals surface area contributed by atoms with E-state index in [9.17, 15) is 9.59 Å². The third-order valence-corrected chi connectivity index (χ3v) is 2.44. The van der Waals surface area contributed by atoms with Crippen molar-refractivity contribution in [2.45, 2.75) is 19.4 Å². The van der Waals surface area contributed by atoms with Gasteiger partial charge in [0.15, 0.2) is 0 Å². The van der Waals surface area contributed by atoms with E-state index in [-0.39, 0.29) is 0 Å². The van der Waals surface area contributed by atoms with Crippen LogP contribution in [0.25, 0.3) is 0 Å². The van der Waals surface area contributed by atoms with Crippen molar-refractivity contribution in [2.75, 3.05) is 6.61 Å². The van der Waals surface area contributed by atoms with Crippen molar-refractivity contribution in [2.24, 2.45) is 0 Å². The number of nitrogens with one attached hydrogen (secondary N) is 1. The van der Waals surface area contributed by atoms with E-state index >= 15 is 0 Å². The highest BCUT2D eigenvalue weighted by atomic mass is 16.6. The van der Waals surface area contributed by atoms with E-state index in [1.54, 1.807) is 0 Å². The number of ether oxygens (including phenoxy) is 2. The first-order valence-corrected chi connectivity index (χ1v) is 5.43. The molecule has 90 valence electrons. The van der Waals surface area contributed by atoms with Gasteiger partial charge in [-0.15, -0.1) is 0 Å². The van der Waals surface area contributed by atoms with Crippen LogP contribution >= 0.6 is 0 Å². The van der Waals surface area contributed by atoms with E-state index in [1.807, 2.05) is 31.2 Å². The Kier molecular flexibility index (Phi) is 3.27. The lowest BCUT2D eigenvalue weighted by Crippen LogP contribution is -2.30. The molecule has 1 N–H and O–H groups in total. The van der Waals surface area contributed by atoms with Crippen molar-refractivity contribution in [3.8, 4) is 5.75 Å². The maximum Gasteiger partial charge on any atom is 0.415 e. The summed E-state index contributed by atoms with van der Waals surface area (Å²) in [5.41, 5.74) is 0.942. The van der Waals surface area contributed by atoms with Crippen LogP contribution in [0.1, 0.15) is 12.5 Å². The van der Waals surface area contributed by atoms with Crippen LogP contribution in [0.5, 0.6) is 5.75 Å². The molecule has 0 spiro atoms. The molecule has 0 bridgehead atoms. The quantitative estimate of drug-likeness (QED) is 0.630. The summed E-state index contributed by atoms with van der Waals surface area (Å²) >= 11 is 0. The van der Waals surface area contributed by atoms with Crippen molar-refractivity contribution in [1.29, 1.82) is 0 Å². The molecule has 1 aliphatic rings. The Labute approximate surface area is 98.7 Å². The second-order valence-electron chi connectivity index (χ2n) is 3.69. The molecule has 1 unspecified atom stereocenters. The molecule has 1 aromatic carbocycles. The normalized spacial score (nSPS) is 18.8. The molecule has 1 amide bonds. The molecule has 1 heterocycles. The Balaban J connectivity index is 1.99. The van der Waals surface area contributed by atoms with Gasteiger partial charge >= 0.3 is 12.1 Å². The number of carbonyl (C=O) groups excluding carboxylic acids is 2. The Hall–Kier alpha value is -2.04. The van der Waals surface area contributed by atoms with Crippen LogP contribution in [0.15, 0.2) is 24.3 Å². The molecule has 0 aromatic heterocycles. The number of cyclic esters (lactones) is 2. The van der Waals surface area contributed by atoms with Crippen molar-refractivity contribution in [1.82, 2.24) is 5.32 Å². The summed E-state index contributed by atoms with van der Waals surface area (Å²) < 4.78 is 9.70. The number of hydrogen-bond acceptors (Lipinski definition) is 4. The van der Waals surface area contributed by atoms with Gasteiger partial charge in [-0.2, -0.15) is 0 Å². The molecule has 1 aromatic rings. The Morgan fingerprint density at radius 3 is 2.53 bits per heavy atom. The zero-order chi connectivity index (χ0) is 12.3. The highest BCUT2D eigenvalue weighted by molar-refractivity contribution is 5.95. The van der Waals surface area contributed by atoms with Gasteiger partial charge in [0.05, 0.1) is 6.61 Å². The zero-order valence-corrected chi connectivity index (χ0v) is 9.43. The molecular formula is C12H13NO4.